The lowest BCUT2D eigenvalue weighted by Crippen LogP contribution is -2.16. The summed E-state index contributed by atoms with van der Waals surface area (Å²) < 4.78 is 2.49. The molecule has 1 aliphatic rings. The lowest BCUT2D eigenvalue weighted by molar-refractivity contribution is 0.660. The minimum Gasteiger partial charge on any atom is -0.340 e. The lowest BCUT2D eigenvalue weighted by atomic mass is 9.82. The van der Waals surface area contributed by atoms with Crippen molar-refractivity contribution in [2.45, 2.75) is 32.7 Å². The quantitative estimate of drug-likeness (QED) is 0.149. The van der Waals surface area contributed by atoms with Gasteiger partial charge in [0, 0.05) is 45.5 Å². The van der Waals surface area contributed by atoms with Crippen molar-refractivity contribution in [2.75, 3.05) is 4.90 Å². The van der Waals surface area contributed by atoms with Gasteiger partial charge in [0.2, 0.25) is 0 Å². The minimum absolute atomic E-state index is 0.0960. The fourth-order valence-electron chi connectivity index (χ4n) is 9.97. The molecule has 0 fully saturated rings. The summed E-state index contributed by atoms with van der Waals surface area (Å²) in [7, 11) is 0. The molecule has 0 saturated carbocycles. The van der Waals surface area contributed by atoms with Crippen LogP contribution in [0.1, 0.15) is 31.9 Å². The second kappa shape index (κ2) is 14.7. The molecule has 0 N–H and O–H groups in total. The number of nitrogens with zero attached hydrogens (tertiary/aromatic N) is 2. The predicted molar refractivity (Wildman–Crippen MR) is 259 cm³/mol. The van der Waals surface area contributed by atoms with Crippen LogP contribution in [0.5, 0.6) is 0 Å². The number of hydrogen-bond acceptors (Lipinski definition) is 1. The summed E-state index contributed by atoms with van der Waals surface area (Å²) >= 11 is 0. The largest absolute Gasteiger partial charge is 0.340 e. The van der Waals surface area contributed by atoms with Crippen molar-refractivity contribution in [3.63, 3.8) is 0 Å². The summed E-state index contributed by atoms with van der Waals surface area (Å²) in [5, 5.41) is 3.86. The van der Waals surface area contributed by atoms with Gasteiger partial charge in [-0.05, 0) is 116 Å². The lowest BCUT2D eigenvalue weighted by Gasteiger charge is -2.28. The highest BCUT2D eigenvalue weighted by Gasteiger charge is 2.35. The second-order valence-corrected chi connectivity index (χ2v) is 16.8. The first-order valence-corrected chi connectivity index (χ1v) is 21.5. The van der Waals surface area contributed by atoms with Gasteiger partial charge < -0.3 is 9.47 Å². The Morgan fingerprint density at radius 2 is 0.934 bits per heavy atom. The minimum atomic E-state index is -0.0960. The number of aryl methyl sites for hydroxylation is 1. The molecule has 0 spiro atoms. The third kappa shape index (κ3) is 6.09. The van der Waals surface area contributed by atoms with E-state index < -0.39 is 0 Å². The molecule has 1 aromatic heterocycles. The average molecular weight is 783 g/mol. The number of anilines is 3. The maximum atomic E-state index is 2.49. The fourth-order valence-corrected chi connectivity index (χ4v) is 9.97. The molecule has 0 aliphatic heterocycles. The van der Waals surface area contributed by atoms with Crippen LogP contribution in [0.25, 0.3) is 77.4 Å². The van der Waals surface area contributed by atoms with E-state index in [-0.39, 0.29) is 5.41 Å². The average Bonchev–Trinajstić information content (AvgIpc) is 3.79. The molecule has 2 nitrogen and oxygen atoms in total. The van der Waals surface area contributed by atoms with Gasteiger partial charge in [0.25, 0.3) is 0 Å². The van der Waals surface area contributed by atoms with E-state index >= 15 is 0 Å². The molecule has 2 heteroatoms. The van der Waals surface area contributed by atoms with Crippen LogP contribution in [0.2, 0.25) is 0 Å². The van der Waals surface area contributed by atoms with Crippen molar-refractivity contribution < 1.29 is 0 Å². The van der Waals surface area contributed by atoms with Crippen LogP contribution in [0.3, 0.4) is 0 Å². The third-order valence-electron chi connectivity index (χ3n) is 13.0. The molecule has 11 rings (SSSR count). The molecular formula is C59H46N2. The zero-order chi connectivity index (χ0) is 41.1. The van der Waals surface area contributed by atoms with Crippen molar-refractivity contribution >= 4 is 38.7 Å². The predicted octanol–water partition coefficient (Wildman–Crippen LogP) is 16.3. The van der Waals surface area contributed by atoms with E-state index in [0.29, 0.717) is 0 Å². The summed E-state index contributed by atoms with van der Waals surface area (Å²) in [6, 6.07) is 78.0. The first-order valence-electron chi connectivity index (χ1n) is 21.5. The van der Waals surface area contributed by atoms with E-state index in [1.54, 1.807) is 0 Å². The molecular weight excluding hydrogens is 737 g/mol. The maximum Gasteiger partial charge on any atom is 0.0571 e. The van der Waals surface area contributed by atoms with E-state index in [1.807, 2.05) is 0 Å². The molecule has 10 aromatic rings. The van der Waals surface area contributed by atoms with E-state index in [4.69, 9.17) is 0 Å². The zero-order valence-electron chi connectivity index (χ0n) is 34.8. The van der Waals surface area contributed by atoms with Crippen LogP contribution < -0.4 is 4.90 Å². The summed E-state index contributed by atoms with van der Waals surface area (Å²) in [4.78, 5) is 2.40. The monoisotopic (exact) mass is 782 g/mol. The normalized spacial score (nSPS) is 12.7. The van der Waals surface area contributed by atoms with Gasteiger partial charge in [-0.1, -0.05) is 184 Å². The summed E-state index contributed by atoms with van der Waals surface area (Å²) in [5.41, 5.74) is 19.8. The number of fused-ring (bicyclic) bond motifs is 6. The number of rotatable bonds is 8. The topological polar surface area (TPSA) is 8.17 Å². The Morgan fingerprint density at radius 1 is 0.426 bits per heavy atom. The van der Waals surface area contributed by atoms with E-state index in [1.165, 1.54) is 88.6 Å². The molecule has 0 bridgehead atoms. The van der Waals surface area contributed by atoms with Crippen molar-refractivity contribution in [1.29, 1.82) is 0 Å². The van der Waals surface area contributed by atoms with Crippen LogP contribution in [0.15, 0.2) is 212 Å². The second-order valence-electron chi connectivity index (χ2n) is 16.8. The molecule has 0 amide bonds. The van der Waals surface area contributed by atoms with Gasteiger partial charge in [-0.25, -0.2) is 0 Å². The molecule has 0 radical (unpaired) electrons. The summed E-state index contributed by atoms with van der Waals surface area (Å²) in [6.07, 6.45) is 0. The highest BCUT2D eigenvalue weighted by atomic mass is 15.1. The number of aromatic nitrogens is 1. The first-order chi connectivity index (χ1) is 30.0. The molecule has 0 atom stereocenters. The Morgan fingerprint density at radius 3 is 1.59 bits per heavy atom. The molecule has 1 aliphatic carbocycles. The van der Waals surface area contributed by atoms with Crippen LogP contribution >= 0.6 is 0 Å². The molecule has 292 valence electrons. The van der Waals surface area contributed by atoms with Crippen molar-refractivity contribution in [2.24, 2.45) is 0 Å². The van der Waals surface area contributed by atoms with Gasteiger partial charge in [0.1, 0.15) is 0 Å². The van der Waals surface area contributed by atoms with E-state index in [2.05, 4.69) is 243 Å². The fraction of sp³-hybridized carbons (Fsp3) is 0.0847. The summed E-state index contributed by atoms with van der Waals surface area (Å²) in [5.74, 6) is 0. The third-order valence-corrected chi connectivity index (χ3v) is 13.0. The van der Waals surface area contributed by atoms with Crippen molar-refractivity contribution in [3.05, 3.63) is 223 Å². The first kappa shape index (κ1) is 36.6. The van der Waals surface area contributed by atoms with Gasteiger partial charge in [-0.2, -0.15) is 0 Å². The smallest absolute Gasteiger partial charge is 0.0571 e. The van der Waals surface area contributed by atoms with Crippen LogP contribution in [0, 0.1) is 0 Å². The molecule has 0 unspecified atom stereocenters. The Kier molecular flexibility index (Phi) is 8.83. The number of benzene rings is 9. The highest BCUT2D eigenvalue weighted by Crippen LogP contribution is 2.51. The molecule has 61 heavy (non-hydrogen) atoms. The van der Waals surface area contributed by atoms with Crippen LogP contribution in [-0.4, -0.2) is 4.57 Å². The van der Waals surface area contributed by atoms with Gasteiger partial charge in [-0.15, -0.1) is 0 Å². The maximum absolute atomic E-state index is 2.49. The van der Waals surface area contributed by atoms with E-state index in [0.717, 1.165) is 23.6 Å². The highest BCUT2D eigenvalue weighted by molar-refractivity contribution is 6.17. The van der Waals surface area contributed by atoms with E-state index in [9.17, 15) is 0 Å². The van der Waals surface area contributed by atoms with Gasteiger partial charge in [0.05, 0.1) is 5.69 Å². The van der Waals surface area contributed by atoms with Gasteiger partial charge >= 0.3 is 0 Å². The van der Waals surface area contributed by atoms with Crippen LogP contribution in [0.4, 0.5) is 17.1 Å². The van der Waals surface area contributed by atoms with Crippen molar-refractivity contribution in [3.8, 4) is 55.8 Å². The molecule has 1 heterocycles. The standard InChI is InChI=1S/C59H46N2/c1-4-60-55-38-31-44-17-11-12-20-50(44)57(55)56(58(60)46-18-9-6-10-19-46)45-25-23-41(24-26-45)43-29-34-48(35-30-43)61(47-32-27-42(28-33-47)40-15-7-5-8-16-40)49-36-37-52-51-21-13-14-22-53(51)59(2,3)54(52)39-49/h5-39H,4H2,1-3H3. The number of hydrogen-bond donors (Lipinski definition) is 0. The Labute approximate surface area is 358 Å². The Balaban J connectivity index is 0.989. The molecule has 9 aromatic carbocycles. The zero-order valence-corrected chi connectivity index (χ0v) is 34.8. The Hall–Kier alpha value is -7.42. The van der Waals surface area contributed by atoms with Crippen molar-refractivity contribution in [1.82, 2.24) is 4.57 Å². The van der Waals surface area contributed by atoms with Crippen LogP contribution in [-0.2, 0) is 12.0 Å². The Bertz CT molecular complexity index is 3210. The van der Waals surface area contributed by atoms with Gasteiger partial charge in [-0.3, -0.25) is 0 Å². The SMILES string of the molecule is CCn1c(-c2ccccc2)c(-c2ccc(-c3ccc(N(c4ccc(-c5ccccc5)cc4)c4ccc5c(c4)C(C)(C)c4ccccc4-5)cc3)cc2)c2c3ccccc3ccc21. The van der Waals surface area contributed by atoms with Gasteiger partial charge in [0.15, 0.2) is 0 Å². The summed E-state index contributed by atoms with van der Waals surface area (Å²) in [6.45, 7) is 7.84. The molecule has 0 saturated heterocycles.